The largest absolute Gasteiger partial charge is 0.460 e. The van der Waals surface area contributed by atoms with Gasteiger partial charge in [-0.05, 0) is 12.1 Å². The number of benzene rings is 1. The summed E-state index contributed by atoms with van der Waals surface area (Å²) in [4.78, 5) is -1.42. The van der Waals surface area contributed by atoms with E-state index in [4.69, 9.17) is 10.7 Å². The molecule has 0 atom stereocenters. The molecule has 0 heterocycles. The summed E-state index contributed by atoms with van der Waals surface area (Å²) in [7, 11) is -0.212. The monoisotopic (exact) mass is 622 g/mol. The molecule has 0 bridgehead atoms. The first-order valence-electron chi connectivity index (χ1n) is 8.14. The van der Waals surface area contributed by atoms with E-state index < -0.39 is 73.2 Å². The van der Waals surface area contributed by atoms with Crippen LogP contribution >= 0.6 is 10.7 Å². The Labute approximate surface area is 196 Å². The van der Waals surface area contributed by atoms with Gasteiger partial charge in [0.05, 0.1) is 0 Å². The van der Waals surface area contributed by atoms with Crippen LogP contribution in [0.2, 0.25) is 0 Å². The van der Waals surface area contributed by atoms with Crippen molar-refractivity contribution in [3.63, 3.8) is 0 Å². The number of ether oxygens (including phenoxy) is 1. The number of halogens is 18. The number of hydrogen-bond acceptors (Lipinski definition) is 3. The molecule has 1 aromatic carbocycles. The van der Waals surface area contributed by atoms with Gasteiger partial charge in [0.15, 0.2) is 0 Å². The smallest absolute Gasteiger partial charge is 0.428 e. The van der Waals surface area contributed by atoms with Crippen LogP contribution < -0.4 is 4.74 Å². The molecular weight excluding hydrogens is 619 g/mol. The average molecular weight is 623 g/mol. The van der Waals surface area contributed by atoms with E-state index in [1.54, 1.807) is 0 Å². The zero-order valence-electron chi connectivity index (χ0n) is 16.2. The Morgan fingerprint density at radius 2 is 1.03 bits per heavy atom. The van der Waals surface area contributed by atoms with Gasteiger partial charge in [0.1, 0.15) is 10.6 Å². The summed E-state index contributed by atoms with van der Waals surface area (Å²) in [6.07, 6.45) is -7.84. The Hall–Kier alpha value is -2.19. The number of para-hydroxylation sites is 1. The zero-order valence-corrected chi connectivity index (χ0v) is 17.8. The maximum atomic E-state index is 13.7. The van der Waals surface area contributed by atoms with E-state index >= 15 is 0 Å². The highest BCUT2D eigenvalue weighted by Gasteiger charge is 2.93. The summed E-state index contributed by atoms with van der Waals surface area (Å²) in [6.45, 7) is 0. The standard InChI is InChI=1S/C15H4ClF17O3S/c16-37(34,35)6-4-2-1-3-5(6)36-8(18)7(17)9(19,20)10(21,22)11(23,24)12(25,26)13(27,28)14(29,30)15(31,32)33/h1-4H. The fourth-order valence-electron chi connectivity index (χ4n) is 2.11. The molecule has 0 amide bonds. The van der Waals surface area contributed by atoms with E-state index in [9.17, 15) is 83.1 Å². The third kappa shape index (κ3) is 4.99. The quantitative estimate of drug-likeness (QED) is 0.163. The number of alkyl halides is 15. The van der Waals surface area contributed by atoms with E-state index in [0.717, 1.165) is 6.07 Å². The van der Waals surface area contributed by atoms with Gasteiger partial charge in [-0.2, -0.15) is 74.6 Å². The van der Waals surface area contributed by atoms with Crippen molar-refractivity contribution >= 4 is 19.7 Å². The van der Waals surface area contributed by atoms with Crippen LogP contribution in [0.3, 0.4) is 0 Å². The molecule has 0 aliphatic heterocycles. The predicted octanol–water partition coefficient (Wildman–Crippen LogP) is 7.48. The molecule has 0 saturated carbocycles. The number of rotatable bonds is 9. The van der Waals surface area contributed by atoms with Gasteiger partial charge >= 0.3 is 47.7 Å². The SMILES string of the molecule is O=S(=O)(Cl)c1ccccc1OC(F)=C(F)C(F)(F)C(F)(F)C(F)(F)C(F)(F)C(F)(F)C(F)(F)C(F)(F)F. The molecule has 0 unspecified atom stereocenters. The maximum absolute atomic E-state index is 13.7. The molecule has 0 saturated heterocycles. The molecule has 0 radical (unpaired) electrons. The fourth-order valence-corrected chi connectivity index (χ4v) is 3.08. The molecule has 214 valence electrons. The van der Waals surface area contributed by atoms with Gasteiger partial charge in [0.25, 0.3) is 9.05 Å². The third-order valence-corrected chi connectivity index (χ3v) is 5.45. The van der Waals surface area contributed by atoms with Gasteiger partial charge < -0.3 is 4.74 Å². The second-order valence-electron chi connectivity index (χ2n) is 6.52. The summed E-state index contributed by atoms with van der Waals surface area (Å²) in [5.74, 6) is -56.6. The molecular formula is C15H4ClF17O3S. The van der Waals surface area contributed by atoms with Gasteiger partial charge in [-0.1, -0.05) is 12.1 Å². The first kappa shape index (κ1) is 32.8. The van der Waals surface area contributed by atoms with Crippen molar-refractivity contribution in [3.8, 4) is 5.75 Å². The van der Waals surface area contributed by atoms with Gasteiger partial charge in [-0.15, -0.1) is 0 Å². The van der Waals surface area contributed by atoms with Crippen molar-refractivity contribution in [2.45, 2.75) is 46.6 Å². The Bertz CT molecular complexity index is 1160. The highest BCUT2D eigenvalue weighted by molar-refractivity contribution is 8.13. The maximum Gasteiger partial charge on any atom is 0.460 e. The van der Waals surface area contributed by atoms with Crippen LogP contribution in [0, 0.1) is 0 Å². The Morgan fingerprint density at radius 1 is 0.649 bits per heavy atom. The molecule has 1 aromatic rings. The molecule has 0 aromatic heterocycles. The summed E-state index contributed by atoms with van der Waals surface area (Å²) in [6, 6.07) is -1.74. The first-order chi connectivity index (χ1) is 16.0. The van der Waals surface area contributed by atoms with Crippen molar-refractivity contribution in [2.75, 3.05) is 0 Å². The molecule has 0 aliphatic rings. The predicted molar refractivity (Wildman–Crippen MR) is 85.1 cm³/mol. The highest BCUT2D eigenvalue weighted by Crippen LogP contribution is 2.63. The molecule has 0 spiro atoms. The summed E-state index contributed by atoms with van der Waals surface area (Å²) < 4.78 is 250. The van der Waals surface area contributed by atoms with Gasteiger partial charge in [-0.3, -0.25) is 0 Å². The lowest BCUT2D eigenvalue weighted by molar-refractivity contribution is -0.451. The van der Waals surface area contributed by atoms with Gasteiger partial charge in [-0.25, -0.2) is 8.42 Å². The third-order valence-electron chi connectivity index (χ3n) is 4.09. The summed E-state index contributed by atoms with van der Waals surface area (Å²) >= 11 is 0. The normalized spacial score (nSPS) is 15.9. The summed E-state index contributed by atoms with van der Waals surface area (Å²) in [5.41, 5.74) is 0. The molecule has 0 aliphatic carbocycles. The Morgan fingerprint density at radius 3 is 1.43 bits per heavy atom. The van der Waals surface area contributed by atoms with E-state index in [0.29, 0.717) is 12.1 Å². The van der Waals surface area contributed by atoms with Gasteiger partial charge in [0.2, 0.25) is 5.83 Å². The van der Waals surface area contributed by atoms with E-state index in [1.807, 2.05) is 0 Å². The zero-order chi connectivity index (χ0) is 29.8. The Balaban J connectivity index is 3.68. The second-order valence-corrected chi connectivity index (χ2v) is 9.05. The highest BCUT2D eigenvalue weighted by atomic mass is 35.7. The lowest BCUT2D eigenvalue weighted by Gasteiger charge is -2.41. The van der Waals surface area contributed by atoms with Crippen LogP contribution in [-0.2, 0) is 9.05 Å². The first-order valence-corrected chi connectivity index (χ1v) is 10.4. The minimum Gasteiger partial charge on any atom is -0.428 e. The molecule has 22 heteroatoms. The lowest BCUT2D eigenvalue weighted by Crippen LogP contribution is -2.72. The molecule has 3 nitrogen and oxygen atoms in total. The molecule has 37 heavy (non-hydrogen) atoms. The van der Waals surface area contributed by atoms with Crippen LogP contribution in [-0.4, -0.2) is 50.1 Å². The van der Waals surface area contributed by atoms with Crippen molar-refractivity contribution < 1.29 is 87.8 Å². The minimum absolute atomic E-state index is 0.251. The minimum atomic E-state index is -8.72. The Kier molecular flexibility index (Phi) is 8.19. The number of allylic oxidation sites excluding steroid dienone is 1. The second kappa shape index (κ2) is 9.23. The van der Waals surface area contributed by atoms with Crippen LogP contribution in [0.1, 0.15) is 0 Å². The van der Waals surface area contributed by atoms with E-state index in [2.05, 4.69) is 4.74 Å². The topological polar surface area (TPSA) is 43.4 Å². The van der Waals surface area contributed by atoms with Crippen LogP contribution in [0.5, 0.6) is 5.75 Å². The number of hydrogen-bond donors (Lipinski definition) is 0. The van der Waals surface area contributed by atoms with Crippen molar-refractivity contribution in [2.24, 2.45) is 0 Å². The van der Waals surface area contributed by atoms with Crippen molar-refractivity contribution in [1.82, 2.24) is 0 Å². The van der Waals surface area contributed by atoms with Crippen molar-refractivity contribution in [1.29, 1.82) is 0 Å². The van der Waals surface area contributed by atoms with Crippen LogP contribution in [0.4, 0.5) is 74.6 Å². The van der Waals surface area contributed by atoms with E-state index in [-0.39, 0.29) is 6.07 Å². The lowest BCUT2D eigenvalue weighted by atomic mass is 9.91. The van der Waals surface area contributed by atoms with Gasteiger partial charge in [0, 0.05) is 10.7 Å². The molecule has 0 N–H and O–H groups in total. The fraction of sp³-hybridized carbons (Fsp3) is 0.467. The van der Waals surface area contributed by atoms with E-state index in [1.165, 1.54) is 0 Å². The van der Waals surface area contributed by atoms with Crippen LogP contribution in [0.25, 0.3) is 0 Å². The average Bonchev–Trinajstić information content (AvgIpc) is 2.71. The molecule has 0 fully saturated rings. The molecule has 1 rings (SSSR count). The van der Waals surface area contributed by atoms with Crippen LogP contribution in [0.15, 0.2) is 41.0 Å². The van der Waals surface area contributed by atoms with Crippen molar-refractivity contribution in [3.05, 3.63) is 36.1 Å². The summed E-state index contributed by atoms with van der Waals surface area (Å²) in [5, 5.41) is 0.